The predicted octanol–water partition coefficient (Wildman–Crippen LogP) is 0.203. The molecule has 0 radical (unpaired) electrons. The Morgan fingerprint density at radius 1 is 1.33 bits per heavy atom. The topological polar surface area (TPSA) is 92.9 Å². The third-order valence-electron chi connectivity index (χ3n) is 2.55. The lowest BCUT2D eigenvalue weighted by atomic mass is 10.4. The first kappa shape index (κ1) is 10.5. The van der Waals surface area contributed by atoms with Gasteiger partial charge in [0.1, 0.15) is 0 Å². The van der Waals surface area contributed by atoms with Gasteiger partial charge in [-0.3, -0.25) is 4.68 Å². The highest BCUT2D eigenvalue weighted by molar-refractivity contribution is 5.58. The van der Waals surface area contributed by atoms with Crippen LogP contribution in [0.4, 0.5) is 11.5 Å². The van der Waals surface area contributed by atoms with Gasteiger partial charge in [-0.15, -0.1) is 5.10 Å². The maximum Gasteiger partial charge on any atom is 0.364 e. The van der Waals surface area contributed by atoms with E-state index in [9.17, 15) is 4.79 Å². The highest BCUT2D eigenvalue weighted by atomic mass is 16.2. The number of aryl methyl sites for hydroxylation is 2. The van der Waals surface area contributed by atoms with E-state index in [2.05, 4.69) is 25.7 Å². The molecule has 18 heavy (non-hydrogen) atoms. The summed E-state index contributed by atoms with van der Waals surface area (Å²) >= 11 is 0. The van der Waals surface area contributed by atoms with Crippen molar-refractivity contribution in [2.24, 2.45) is 7.05 Å². The minimum Gasteiger partial charge on any atom is -0.336 e. The van der Waals surface area contributed by atoms with Crippen LogP contribution < -0.4 is 11.0 Å². The summed E-state index contributed by atoms with van der Waals surface area (Å²) in [5, 5.41) is 17.6. The Kier molecular flexibility index (Phi) is 2.15. The fourth-order valence-electron chi connectivity index (χ4n) is 1.73. The number of hydrogen-bond donors (Lipinski definition) is 2. The number of nitrogens with zero attached hydrogens (tertiary/aromatic N) is 5. The summed E-state index contributed by atoms with van der Waals surface area (Å²) in [7, 11) is 1.84. The number of H-pyrrole nitrogens is 1. The van der Waals surface area contributed by atoms with Crippen LogP contribution in [-0.2, 0) is 7.05 Å². The molecule has 0 fully saturated rings. The van der Waals surface area contributed by atoms with Gasteiger partial charge in [-0.05, 0) is 19.1 Å². The molecule has 3 heterocycles. The molecule has 8 nitrogen and oxygen atoms in total. The van der Waals surface area contributed by atoms with Gasteiger partial charge < -0.3 is 5.32 Å². The van der Waals surface area contributed by atoms with Crippen molar-refractivity contribution in [1.82, 2.24) is 29.6 Å². The number of nitrogens with one attached hydrogen (secondary N) is 2. The highest BCUT2D eigenvalue weighted by Gasteiger charge is 2.06. The average molecular weight is 245 g/mol. The molecular weight excluding hydrogens is 234 g/mol. The lowest BCUT2D eigenvalue weighted by Crippen LogP contribution is -2.13. The van der Waals surface area contributed by atoms with Gasteiger partial charge in [-0.1, -0.05) is 0 Å². The molecule has 0 saturated heterocycles. The van der Waals surface area contributed by atoms with E-state index in [1.54, 1.807) is 16.8 Å². The molecule has 0 amide bonds. The van der Waals surface area contributed by atoms with Crippen LogP contribution in [0.2, 0.25) is 0 Å². The van der Waals surface area contributed by atoms with E-state index >= 15 is 0 Å². The molecule has 3 aromatic heterocycles. The molecule has 0 aromatic carbocycles. The first-order valence-corrected chi connectivity index (χ1v) is 5.35. The van der Waals surface area contributed by atoms with E-state index in [1.165, 1.54) is 4.52 Å². The molecular formula is C10H11N7O. The normalized spacial score (nSPS) is 11.0. The summed E-state index contributed by atoms with van der Waals surface area (Å²) in [5.74, 6) is 0.558. The van der Waals surface area contributed by atoms with Crippen molar-refractivity contribution in [3.8, 4) is 0 Å². The summed E-state index contributed by atoms with van der Waals surface area (Å²) in [6, 6.07) is 3.46. The fourth-order valence-corrected chi connectivity index (χ4v) is 1.73. The van der Waals surface area contributed by atoms with Gasteiger partial charge in [-0.2, -0.15) is 14.7 Å². The summed E-state index contributed by atoms with van der Waals surface area (Å²) in [6.45, 7) is 1.89. The van der Waals surface area contributed by atoms with Crippen molar-refractivity contribution in [2.45, 2.75) is 6.92 Å². The minimum atomic E-state index is -0.364. The van der Waals surface area contributed by atoms with Crippen LogP contribution in [0.3, 0.4) is 0 Å². The first-order valence-electron chi connectivity index (χ1n) is 5.35. The van der Waals surface area contributed by atoms with E-state index in [0.717, 1.165) is 11.4 Å². The predicted molar refractivity (Wildman–Crippen MR) is 64.8 cm³/mol. The van der Waals surface area contributed by atoms with Gasteiger partial charge in [0.05, 0.1) is 11.4 Å². The molecule has 0 saturated carbocycles. The number of fused-ring (bicyclic) bond motifs is 1. The lowest BCUT2D eigenvalue weighted by molar-refractivity contribution is 0.756. The molecule has 3 rings (SSSR count). The van der Waals surface area contributed by atoms with E-state index in [-0.39, 0.29) is 5.69 Å². The minimum absolute atomic E-state index is 0.364. The molecule has 0 aliphatic heterocycles. The van der Waals surface area contributed by atoms with Crippen LogP contribution in [0.15, 0.2) is 23.1 Å². The zero-order valence-electron chi connectivity index (χ0n) is 9.88. The Hall–Kier alpha value is -2.64. The van der Waals surface area contributed by atoms with Crippen LogP contribution in [0, 0.1) is 6.92 Å². The zero-order valence-corrected chi connectivity index (χ0v) is 9.88. The average Bonchev–Trinajstić information content (AvgIpc) is 2.84. The molecule has 0 atom stereocenters. The standard InChI is InChI=1S/C10H11N7O/c1-6-7(5-16(2)14-6)11-8-3-4-9-12-13-10(18)17(9)15-8/h3-5H,1-2H3,(H,11,15)(H,13,18). The van der Waals surface area contributed by atoms with Crippen molar-refractivity contribution < 1.29 is 0 Å². The summed E-state index contributed by atoms with van der Waals surface area (Å²) < 4.78 is 2.91. The van der Waals surface area contributed by atoms with Gasteiger partial charge in [0.15, 0.2) is 11.5 Å². The molecule has 8 heteroatoms. The number of hydrogen-bond acceptors (Lipinski definition) is 5. The van der Waals surface area contributed by atoms with E-state index < -0.39 is 0 Å². The number of rotatable bonds is 2. The second kappa shape index (κ2) is 3.69. The maximum absolute atomic E-state index is 11.4. The Bertz CT molecular complexity index is 766. The zero-order chi connectivity index (χ0) is 12.7. The monoisotopic (exact) mass is 245 g/mol. The van der Waals surface area contributed by atoms with Gasteiger partial charge in [0.25, 0.3) is 0 Å². The Morgan fingerprint density at radius 2 is 2.17 bits per heavy atom. The SMILES string of the molecule is Cc1nn(C)cc1Nc1ccc2n[nH]c(=O)n2n1. The second-order valence-corrected chi connectivity index (χ2v) is 3.94. The third-order valence-corrected chi connectivity index (χ3v) is 2.55. The summed E-state index contributed by atoms with van der Waals surface area (Å²) in [4.78, 5) is 11.4. The quantitative estimate of drug-likeness (QED) is 0.673. The summed E-state index contributed by atoms with van der Waals surface area (Å²) in [6.07, 6.45) is 1.85. The van der Waals surface area contributed by atoms with Crippen molar-refractivity contribution in [3.05, 3.63) is 34.5 Å². The molecule has 0 spiro atoms. The molecule has 2 N–H and O–H groups in total. The molecule has 0 bridgehead atoms. The molecule has 92 valence electrons. The van der Waals surface area contributed by atoms with Crippen LogP contribution >= 0.6 is 0 Å². The smallest absolute Gasteiger partial charge is 0.336 e. The van der Waals surface area contributed by atoms with E-state index in [0.29, 0.717) is 11.5 Å². The van der Waals surface area contributed by atoms with Crippen LogP contribution in [0.1, 0.15) is 5.69 Å². The van der Waals surface area contributed by atoms with E-state index in [1.807, 2.05) is 20.2 Å². The van der Waals surface area contributed by atoms with Crippen molar-refractivity contribution >= 4 is 17.2 Å². The lowest BCUT2D eigenvalue weighted by Gasteiger charge is -2.02. The van der Waals surface area contributed by atoms with Gasteiger partial charge >= 0.3 is 5.69 Å². The van der Waals surface area contributed by atoms with Crippen molar-refractivity contribution in [3.63, 3.8) is 0 Å². The Balaban J connectivity index is 2.02. The maximum atomic E-state index is 11.4. The van der Waals surface area contributed by atoms with Crippen LogP contribution in [-0.4, -0.2) is 29.6 Å². The van der Waals surface area contributed by atoms with Crippen LogP contribution in [0.5, 0.6) is 0 Å². The molecule has 0 aliphatic rings. The Labute approximate surface area is 101 Å². The molecule has 0 aliphatic carbocycles. The summed E-state index contributed by atoms with van der Waals surface area (Å²) in [5.41, 5.74) is 1.82. The molecule has 0 unspecified atom stereocenters. The second-order valence-electron chi connectivity index (χ2n) is 3.94. The number of aromatic amines is 1. The van der Waals surface area contributed by atoms with Gasteiger partial charge in [0, 0.05) is 13.2 Å². The largest absolute Gasteiger partial charge is 0.364 e. The van der Waals surface area contributed by atoms with Gasteiger partial charge in [-0.25, -0.2) is 9.89 Å². The van der Waals surface area contributed by atoms with Crippen molar-refractivity contribution in [1.29, 1.82) is 0 Å². The third kappa shape index (κ3) is 1.63. The number of anilines is 2. The van der Waals surface area contributed by atoms with Gasteiger partial charge in [0.2, 0.25) is 0 Å². The fraction of sp³-hybridized carbons (Fsp3) is 0.200. The van der Waals surface area contributed by atoms with E-state index in [4.69, 9.17) is 0 Å². The van der Waals surface area contributed by atoms with Crippen LogP contribution in [0.25, 0.3) is 5.65 Å². The number of aromatic nitrogens is 6. The Morgan fingerprint density at radius 3 is 2.89 bits per heavy atom. The van der Waals surface area contributed by atoms with Crippen molar-refractivity contribution in [2.75, 3.05) is 5.32 Å². The highest BCUT2D eigenvalue weighted by Crippen LogP contribution is 2.16. The molecule has 3 aromatic rings. The first-order chi connectivity index (χ1) is 8.63.